The van der Waals surface area contributed by atoms with Gasteiger partial charge in [0, 0.05) is 48.4 Å². The lowest BCUT2D eigenvalue weighted by atomic mass is 10.0. The van der Waals surface area contributed by atoms with Crippen molar-refractivity contribution in [2.24, 2.45) is 11.8 Å². The van der Waals surface area contributed by atoms with Gasteiger partial charge < -0.3 is 9.80 Å². The van der Waals surface area contributed by atoms with Crippen LogP contribution in [0.15, 0.2) is 29.6 Å². The van der Waals surface area contributed by atoms with Gasteiger partial charge >= 0.3 is 0 Å². The molecule has 2 aromatic rings. The zero-order valence-electron chi connectivity index (χ0n) is 13.2. The van der Waals surface area contributed by atoms with Crippen LogP contribution in [0.25, 0.3) is 0 Å². The third-order valence-electron chi connectivity index (χ3n) is 4.88. The Labute approximate surface area is 159 Å². The molecule has 2 fully saturated rings. The first-order valence-electron chi connectivity index (χ1n) is 7.97. The molecule has 130 valence electrons. The van der Waals surface area contributed by atoms with Crippen LogP contribution >= 0.6 is 34.7 Å². The van der Waals surface area contributed by atoms with Gasteiger partial charge in [0.2, 0.25) is 0 Å². The normalized spacial score (nSPS) is 22.3. The number of halogens is 2. The molecule has 0 bridgehead atoms. The van der Waals surface area contributed by atoms with Crippen LogP contribution < -0.4 is 0 Å². The van der Waals surface area contributed by atoms with E-state index in [2.05, 4.69) is 4.37 Å². The van der Waals surface area contributed by atoms with Crippen molar-refractivity contribution < 1.29 is 9.59 Å². The van der Waals surface area contributed by atoms with Gasteiger partial charge in [-0.05, 0) is 35.8 Å². The monoisotopic (exact) mass is 395 g/mol. The summed E-state index contributed by atoms with van der Waals surface area (Å²) in [6, 6.07) is 6.67. The lowest BCUT2D eigenvalue weighted by Crippen LogP contribution is -2.35. The number of carbonyl (C=O) groups excluding carboxylic acids is 2. The maximum absolute atomic E-state index is 12.7. The van der Waals surface area contributed by atoms with Crippen LogP contribution in [0.1, 0.15) is 20.8 Å². The molecule has 1 aromatic carbocycles. The van der Waals surface area contributed by atoms with Crippen molar-refractivity contribution in [2.45, 2.75) is 0 Å². The second-order valence-corrected chi connectivity index (χ2v) is 7.96. The quantitative estimate of drug-likeness (QED) is 0.783. The summed E-state index contributed by atoms with van der Waals surface area (Å²) in [6.07, 6.45) is 0. The molecule has 4 rings (SSSR count). The molecule has 5 nitrogen and oxygen atoms in total. The second-order valence-electron chi connectivity index (χ2n) is 6.45. The number of benzene rings is 1. The molecular weight excluding hydrogens is 381 g/mol. The van der Waals surface area contributed by atoms with Crippen LogP contribution in [0.4, 0.5) is 0 Å². The number of carbonyl (C=O) groups is 2. The fraction of sp³-hybridized carbons (Fsp3) is 0.353. The molecule has 0 saturated carbocycles. The number of hydrogen-bond acceptors (Lipinski definition) is 4. The zero-order valence-corrected chi connectivity index (χ0v) is 15.5. The van der Waals surface area contributed by atoms with Crippen LogP contribution in [-0.4, -0.2) is 52.2 Å². The minimum Gasteiger partial charge on any atom is -0.338 e. The molecule has 0 spiro atoms. The van der Waals surface area contributed by atoms with Crippen molar-refractivity contribution in [1.82, 2.24) is 14.2 Å². The van der Waals surface area contributed by atoms with E-state index < -0.39 is 0 Å². The molecule has 2 amide bonds. The highest BCUT2D eigenvalue weighted by Gasteiger charge is 2.43. The summed E-state index contributed by atoms with van der Waals surface area (Å²) < 4.78 is 4.11. The van der Waals surface area contributed by atoms with E-state index in [1.807, 2.05) is 9.80 Å². The predicted molar refractivity (Wildman–Crippen MR) is 97.4 cm³/mol. The van der Waals surface area contributed by atoms with Gasteiger partial charge in [-0.25, -0.2) is 0 Å². The molecule has 0 aliphatic carbocycles. The summed E-state index contributed by atoms with van der Waals surface area (Å²) in [6.45, 7) is 2.59. The van der Waals surface area contributed by atoms with Crippen LogP contribution in [0.2, 0.25) is 10.0 Å². The highest BCUT2D eigenvalue weighted by atomic mass is 35.5. The van der Waals surface area contributed by atoms with E-state index in [-0.39, 0.29) is 11.8 Å². The first-order valence-corrected chi connectivity index (χ1v) is 9.56. The Morgan fingerprint density at radius 2 is 1.64 bits per heavy atom. The van der Waals surface area contributed by atoms with Gasteiger partial charge in [-0.1, -0.05) is 23.2 Å². The van der Waals surface area contributed by atoms with Gasteiger partial charge in [-0.2, -0.15) is 4.37 Å². The molecule has 2 saturated heterocycles. The molecule has 3 heterocycles. The number of aromatic nitrogens is 1. The van der Waals surface area contributed by atoms with Crippen LogP contribution in [-0.2, 0) is 0 Å². The summed E-state index contributed by atoms with van der Waals surface area (Å²) in [7, 11) is 0. The number of rotatable bonds is 2. The number of likely N-dealkylation sites (tertiary alicyclic amines) is 2. The summed E-state index contributed by atoms with van der Waals surface area (Å²) in [5, 5.41) is 2.71. The minimum absolute atomic E-state index is 0.0218. The Hall–Kier alpha value is -1.63. The van der Waals surface area contributed by atoms with Gasteiger partial charge in [0.25, 0.3) is 11.8 Å². The van der Waals surface area contributed by atoms with E-state index in [0.717, 1.165) is 0 Å². The molecule has 2 atom stereocenters. The van der Waals surface area contributed by atoms with E-state index in [1.54, 1.807) is 29.6 Å². The maximum atomic E-state index is 12.7. The third-order valence-corrected chi connectivity index (χ3v) is 6.00. The topological polar surface area (TPSA) is 53.5 Å². The fourth-order valence-electron chi connectivity index (χ4n) is 3.64. The fourth-order valence-corrected chi connectivity index (χ4v) is 4.51. The van der Waals surface area contributed by atoms with Crippen molar-refractivity contribution in [1.29, 1.82) is 0 Å². The highest BCUT2D eigenvalue weighted by Crippen LogP contribution is 2.33. The molecule has 25 heavy (non-hydrogen) atoms. The van der Waals surface area contributed by atoms with Crippen molar-refractivity contribution >= 4 is 46.5 Å². The first-order chi connectivity index (χ1) is 12.0. The summed E-state index contributed by atoms with van der Waals surface area (Å²) >= 11 is 13.4. The SMILES string of the molecule is O=C(c1ccsn1)N1C[C@@H]2CN(C(=O)c3cc(Cl)ccc3Cl)C[C@@H]2C1. The first kappa shape index (κ1) is 16.8. The zero-order chi connectivity index (χ0) is 17.6. The van der Waals surface area contributed by atoms with E-state index in [1.165, 1.54) is 11.5 Å². The van der Waals surface area contributed by atoms with Gasteiger partial charge in [-0.15, -0.1) is 0 Å². The van der Waals surface area contributed by atoms with Crippen molar-refractivity contribution in [3.63, 3.8) is 0 Å². The lowest BCUT2D eigenvalue weighted by molar-refractivity contribution is 0.0736. The average Bonchev–Trinajstić information content (AvgIpc) is 3.31. The Balaban J connectivity index is 1.43. The second kappa shape index (κ2) is 6.59. The lowest BCUT2D eigenvalue weighted by Gasteiger charge is -2.22. The maximum Gasteiger partial charge on any atom is 0.273 e. The Kier molecular flexibility index (Phi) is 4.43. The summed E-state index contributed by atoms with van der Waals surface area (Å²) in [4.78, 5) is 28.8. The molecule has 0 unspecified atom stereocenters. The third kappa shape index (κ3) is 3.14. The molecule has 2 aliphatic heterocycles. The van der Waals surface area contributed by atoms with E-state index in [0.29, 0.717) is 59.3 Å². The summed E-state index contributed by atoms with van der Waals surface area (Å²) in [5.74, 6) is 0.472. The highest BCUT2D eigenvalue weighted by molar-refractivity contribution is 7.03. The van der Waals surface area contributed by atoms with Crippen molar-refractivity contribution in [2.75, 3.05) is 26.2 Å². The van der Waals surface area contributed by atoms with Crippen LogP contribution in [0.5, 0.6) is 0 Å². The Morgan fingerprint density at radius 3 is 2.24 bits per heavy atom. The van der Waals surface area contributed by atoms with Crippen LogP contribution in [0, 0.1) is 11.8 Å². The Morgan fingerprint density at radius 1 is 1.00 bits per heavy atom. The van der Waals surface area contributed by atoms with Gasteiger partial charge in [0.1, 0.15) is 5.69 Å². The molecule has 1 aromatic heterocycles. The van der Waals surface area contributed by atoms with Crippen molar-refractivity contribution in [3.05, 3.63) is 50.9 Å². The van der Waals surface area contributed by atoms with Crippen molar-refractivity contribution in [3.8, 4) is 0 Å². The number of fused-ring (bicyclic) bond motifs is 1. The van der Waals surface area contributed by atoms with E-state index in [4.69, 9.17) is 23.2 Å². The number of nitrogens with zero attached hydrogens (tertiary/aromatic N) is 3. The standard InChI is InChI=1S/C17H15Cl2N3O2S/c18-12-1-2-14(19)13(5-12)16(23)21-6-10-8-22(9-11(10)7-21)17(24)15-3-4-25-20-15/h1-5,10-11H,6-9H2/t10-,11+. The minimum atomic E-state index is -0.0979. The largest absolute Gasteiger partial charge is 0.338 e. The molecule has 2 aliphatic rings. The van der Waals surface area contributed by atoms with E-state index in [9.17, 15) is 9.59 Å². The number of hydrogen-bond donors (Lipinski definition) is 0. The smallest absolute Gasteiger partial charge is 0.273 e. The average molecular weight is 396 g/mol. The van der Waals surface area contributed by atoms with Gasteiger partial charge in [-0.3, -0.25) is 9.59 Å². The summed E-state index contributed by atoms with van der Waals surface area (Å²) in [5.41, 5.74) is 0.938. The number of amides is 2. The van der Waals surface area contributed by atoms with E-state index >= 15 is 0 Å². The molecular formula is C17H15Cl2N3O2S. The van der Waals surface area contributed by atoms with Crippen LogP contribution in [0.3, 0.4) is 0 Å². The van der Waals surface area contributed by atoms with Gasteiger partial charge in [0.15, 0.2) is 0 Å². The predicted octanol–water partition coefficient (Wildman–Crippen LogP) is 3.29. The molecule has 8 heteroatoms. The molecule has 0 radical (unpaired) electrons. The Bertz CT molecular complexity index is 813. The molecule has 0 N–H and O–H groups in total. The van der Waals surface area contributed by atoms with Gasteiger partial charge in [0.05, 0.1) is 10.6 Å².